The number of pyridine rings is 1. The molecular formula is C12H13F3N4. The van der Waals surface area contributed by atoms with Gasteiger partial charge in [0.25, 0.3) is 0 Å². The van der Waals surface area contributed by atoms with Gasteiger partial charge in [0.2, 0.25) is 0 Å². The zero-order chi connectivity index (χ0) is 14.0. The lowest BCUT2D eigenvalue weighted by atomic mass is 10.2. The minimum atomic E-state index is -4.40. The van der Waals surface area contributed by atoms with Gasteiger partial charge in [0.15, 0.2) is 0 Å². The lowest BCUT2D eigenvalue weighted by Gasteiger charge is -2.08. The molecule has 2 aromatic heterocycles. The van der Waals surface area contributed by atoms with E-state index in [-0.39, 0.29) is 0 Å². The van der Waals surface area contributed by atoms with Gasteiger partial charge >= 0.3 is 6.18 Å². The first-order chi connectivity index (χ1) is 8.86. The van der Waals surface area contributed by atoms with Crippen LogP contribution < -0.4 is 5.32 Å². The Kier molecular flexibility index (Phi) is 3.46. The Bertz CT molecular complexity index is 557. The van der Waals surface area contributed by atoms with E-state index < -0.39 is 11.9 Å². The molecule has 0 spiro atoms. The van der Waals surface area contributed by atoms with Gasteiger partial charge in [-0.1, -0.05) is 0 Å². The molecule has 0 aromatic carbocycles. The van der Waals surface area contributed by atoms with E-state index in [1.165, 1.54) is 12.3 Å². The highest BCUT2D eigenvalue weighted by atomic mass is 19.4. The van der Waals surface area contributed by atoms with Crippen LogP contribution >= 0.6 is 0 Å². The first-order valence-corrected chi connectivity index (χ1v) is 5.62. The van der Waals surface area contributed by atoms with Gasteiger partial charge in [-0.2, -0.15) is 18.3 Å². The van der Waals surface area contributed by atoms with Crippen molar-refractivity contribution in [2.45, 2.75) is 19.6 Å². The maximum atomic E-state index is 12.3. The smallest absolute Gasteiger partial charge is 0.380 e. The van der Waals surface area contributed by atoms with Gasteiger partial charge in [0, 0.05) is 25.4 Å². The number of rotatable bonds is 3. The summed E-state index contributed by atoms with van der Waals surface area (Å²) < 4.78 is 38.7. The number of nitrogens with zero attached hydrogens (tertiary/aromatic N) is 3. The normalized spacial score (nSPS) is 11.6. The predicted octanol–water partition coefficient (Wildman–Crippen LogP) is 2.75. The number of anilines is 1. The fourth-order valence-electron chi connectivity index (χ4n) is 1.69. The van der Waals surface area contributed by atoms with Crippen LogP contribution in [0.1, 0.15) is 17.0 Å². The first kappa shape index (κ1) is 13.4. The number of hydrogen-bond donors (Lipinski definition) is 1. The summed E-state index contributed by atoms with van der Waals surface area (Å²) in [7, 11) is 1.82. The molecule has 0 aliphatic rings. The Morgan fingerprint density at radius 2 is 2.05 bits per heavy atom. The molecule has 19 heavy (non-hydrogen) atoms. The van der Waals surface area contributed by atoms with Crippen molar-refractivity contribution in [3.8, 4) is 0 Å². The van der Waals surface area contributed by atoms with E-state index >= 15 is 0 Å². The van der Waals surface area contributed by atoms with Crippen molar-refractivity contribution < 1.29 is 13.2 Å². The first-order valence-electron chi connectivity index (χ1n) is 5.62. The van der Waals surface area contributed by atoms with Crippen LogP contribution in [0.5, 0.6) is 0 Å². The van der Waals surface area contributed by atoms with Gasteiger partial charge < -0.3 is 5.32 Å². The Hall–Kier alpha value is -2.05. The molecule has 0 saturated carbocycles. The van der Waals surface area contributed by atoms with Gasteiger partial charge in [-0.25, -0.2) is 4.98 Å². The average molecular weight is 270 g/mol. The Morgan fingerprint density at radius 1 is 1.32 bits per heavy atom. The van der Waals surface area contributed by atoms with Crippen molar-refractivity contribution in [1.29, 1.82) is 0 Å². The molecule has 7 heteroatoms. The second kappa shape index (κ2) is 4.91. The van der Waals surface area contributed by atoms with Crippen LogP contribution in [0.4, 0.5) is 18.9 Å². The summed E-state index contributed by atoms with van der Waals surface area (Å²) in [5.74, 6) is 0. The molecule has 102 valence electrons. The van der Waals surface area contributed by atoms with Crippen LogP contribution in [0.25, 0.3) is 0 Å². The minimum Gasteiger partial charge on any atom is -0.380 e. The van der Waals surface area contributed by atoms with E-state index in [4.69, 9.17) is 0 Å². The van der Waals surface area contributed by atoms with Crippen molar-refractivity contribution in [2.24, 2.45) is 7.05 Å². The molecular weight excluding hydrogens is 257 g/mol. The molecule has 2 heterocycles. The Labute approximate surface area is 108 Å². The monoisotopic (exact) mass is 270 g/mol. The van der Waals surface area contributed by atoms with Crippen LogP contribution in [-0.4, -0.2) is 14.8 Å². The highest BCUT2D eigenvalue weighted by Gasteiger charge is 2.31. The fourth-order valence-corrected chi connectivity index (χ4v) is 1.69. The van der Waals surface area contributed by atoms with Gasteiger partial charge in [-0.05, 0) is 19.1 Å². The van der Waals surface area contributed by atoms with Crippen LogP contribution in [0.3, 0.4) is 0 Å². The fraction of sp³-hybridized carbons (Fsp3) is 0.333. The van der Waals surface area contributed by atoms with Gasteiger partial charge in [-0.15, -0.1) is 0 Å². The third-order valence-corrected chi connectivity index (χ3v) is 2.65. The van der Waals surface area contributed by atoms with E-state index in [0.29, 0.717) is 12.2 Å². The third-order valence-electron chi connectivity index (χ3n) is 2.65. The van der Waals surface area contributed by atoms with Crippen LogP contribution in [0, 0.1) is 6.92 Å². The second-order valence-corrected chi connectivity index (χ2v) is 4.20. The highest BCUT2D eigenvalue weighted by Crippen LogP contribution is 2.27. The van der Waals surface area contributed by atoms with E-state index in [1.807, 2.05) is 20.2 Å². The van der Waals surface area contributed by atoms with Crippen LogP contribution in [0.2, 0.25) is 0 Å². The minimum absolute atomic E-state index is 0.493. The summed E-state index contributed by atoms with van der Waals surface area (Å²) in [4.78, 5) is 3.38. The molecule has 4 nitrogen and oxygen atoms in total. The lowest BCUT2D eigenvalue weighted by molar-refractivity contribution is -0.141. The van der Waals surface area contributed by atoms with E-state index in [1.54, 1.807) is 4.68 Å². The zero-order valence-electron chi connectivity index (χ0n) is 10.5. The van der Waals surface area contributed by atoms with Crippen molar-refractivity contribution in [2.75, 3.05) is 5.32 Å². The van der Waals surface area contributed by atoms with E-state index in [2.05, 4.69) is 15.4 Å². The molecule has 0 atom stereocenters. The number of hydrogen-bond acceptors (Lipinski definition) is 3. The summed E-state index contributed by atoms with van der Waals surface area (Å²) in [5, 5.41) is 7.19. The lowest BCUT2D eigenvalue weighted by Crippen LogP contribution is -2.08. The second-order valence-electron chi connectivity index (χ2n) is 4.20. The summed E-state index contributed by atoms with van der Waals surface area (Å²) in [6, 6.07) is 2.32. The molecule has 0 amide bonds. The Morgan fingerprint density at radius 3 is 2.53 bits per heavy atom. The number of aromatic nitrogens is 3. The maximum absolute atomic E-state index is 12.3. The number of aryl methyl sites for hydroxylation is 2. The van der Waals surface area contributed by atoms with Gasteiger partial charge in [-0.3, -0.25) is 4.68 Å². The van der Waals surface area contributed by atoms with Crippen molar-refractivity contribution in [3.63, 3.8) is 0 Å². The quantitative estimate of drug-likeness (QED) is 0.932. The van der Waals surface area contributed by atoms with Gasteiger partial charge in [0.05, 0.1) is 17.6 Å². The summed E-state index contributed by atoms with van der Waals surface area (Å²) >= 11 is 0. The largest absolute Gasteiger partial charge is 0.433 e. The third kappa shape index (κ3) is 3.24. The molecule has 2 aromatic rings. The predicted molar refractivity (Wildman–Crippen MR) is 64.5 cm³/mol. The number of alkyl halides is 3. The number of halogens is 3. The molecule has 0 saturated heterocycles. The maximum Gasteiger partial charge on any atom is 0.433 e. The van der Waals surface area contributed by atoms with Gasteiger partial charge in [0.1, 0.15) is 5.69 Å². The molecule has 0 radical (unpaired) electrons. The van der Waals surface area contributed by atoms with Crippen molar-refractivity contribution in [3.05, 3.63) is 41.5 Å². The van der Waals surface area contributed by atoms with Crippen molar-refractivity contribution in [1.82, 2.24) is 14.8 Å². The topological polar surface area (TPSA) is 42.7 Å². The van der Waals surface area contributed by atoms with Crippen LogP contribution in [-0.2, 0) is 19.8 Å². The van der Waals surface area contributed by atoms with E-state index in [0.717, 1.165) is 17.3 Å². The van der Waals surface area contributed by atoms with Crippen LogP contribution in [0.15, 0.2) is 24.5 Å². The number of nitrogens with one attached hydrogen (secondary N) is 1. The molecule has 0 bridgehead atoms. The summed E-state index contributed by atoms with van der Waals surface area (Å²) in [6.45, 7) is 2.37. The highest BCUT2D eigenvalue weighted by molar-refractivity contribution is 5.42. The standard InChI is InChI=1S/C12H13F3N4/c1-8-9(7-19(2)18-8)5-16-10-3-4-11(17-6-10)12(13,14)15/h3-4,6-7,16H,5H2,1-2H3. The molecule has 0 fully saturated rings. The average Bonchev–Trinajstić information content (AvgIpc) is 2.65. The summed E-state index contributed by atoms with van der Waals surface area (Å²) in [5.41, 5.74) is 1.52. The summed E-state index contributed by atoms with van der Waals surface area (Å²) in [6.07, 6.45) is -1.37. The SMILES string of the molecule is Cc1nn(C)cc1CNc1ccc(C(F)(F)F)nc1. The molecule has 1 N–H and O–H groups in total. The molecule has 0 unspecified atom stereocenters. The molecule has 0 aliphatic heterocycles. The molecule has 2 rings (SSSR count). The molecule has 0 aliphatic carbocycles. The Balaban J connectivity index is 2.02. The zero-order valence-corrected chi connectivity index (χ0v) is 10.5. The van der Waals surface area contributed by atoms with E-state index in [9.17, 15) is 13.2 Å². The van der Waals surface area contributed by atoms with Crippen molar-refractivity contribution >= 4 is 5.69 Å².